The first-order valence-corrected chi connectivity index (χ1v) is 10.1. The molecular weight excluding hydrogens is 399 g/mol. The number of ether oxygens (including phenoxy) is 1. The lowest BCUT2D eigenvalue weighted by Gasteiger charge is -2.17. The molecule has 1 heterocycles. The Morgan fingerprint density at radius 3 is 2.52 bits per heavy atom. The number of rotatable bonds is 5. The van der Waals surface area contributed by atoms with Gasteiger partial charge in [-0.15, -0.1) is 0 Å². The molecule has 0 fully saturated rings. The summed E-state index contributed by atoms with van der Waals surface area (Å²) in [6.45, 7) is -1.19. The van der Waals surface area contributed by atoms with E-state index in [4.69, 9.17) is 4.74 Å². The summed E-state index contributed by atoms with van der Waals surface area (Å²) < 4.78 is 44.6. The quantitative estimate of drug-likeness (QED) is 0.648. The second-order valence-corrected chi connectivity index (χ2v) is 8.19. The molecule has 0 atom stereocenters. The van der Waals surface area contributed by atoms with Gasteiger partial charge in [-0.25, -0.2) is 12.8 Å². The van der Waals surface area contributed by atoms with Crippen LogP contribution >= 0.6 is 0 Å². The molecule has 0 saturated heterocycles. The highest BCUT2D eigenvalue weighted by Crippen LogP contribution is 2.41. The van der Waals surface area contributed by atoms with E-state index in [1.807, 2.05) is 0 Å². The fraction of sp³-hybridized carbons (Fsp3) is 0.100. The zero-order valence-corrected chi connectivity index (χ0v) is 15.8. The fourth-order valence-electron chi connectivity index (χ4n) is 3.20. The number of halogens is 1. The molecule has 148 valence electrons. The highest BCUT2D eigenvalue weighted by atomic mass is 32.2. The first kappa shape index (κ1) is 18.9. The van der Waals surface area contributed by atoms with E-state index in [0.29, 0.717) is 11.1 Å². The van der Waals surface area contributed by atoms with Crippen molar-refractivity contribution in [1.82, 2.24) is 0 Å². The first-order valence-electron chi connectivity index (χ1n) is 8.62. The lowest BCUT2D eigenvalue weighted by atomic mass is 10.1. The summed E-state index contributed by atoms with van der Waals surface area (Å²) in [5.41, 5.74) is 0.606. The summed E-state index contributed by atoms with van der Waals surface area (Å²) in [7, 11) is -3.90. The Balaban J connectivity index is 1.44. The second kappa shape index (κ2) is 7.17. The number of sulfonamides is 1. The molecule has 1 amide bonds. The molecule has 3 aromatic rings. The second-order valence-electron chi connectivity index (χ2n) is 6.36. The van der Waals surface area contributed by atoms with E-state index < -0.39 is 40.9 Å². The van der Waals surface area contributed by atoms with Gasteiger partial charge in [0.15, 0.2) is 6.61 Å². The van der Waals surface area contributed by atoms with Crippen LogP contribution in [0.1, 0.15) is 0 Å². The van der Waals surface area contributed by atoms with Crippen molar-refractivity contribution in [3.8, 4) is 0 Å². The Morgan fingerprint density at radius 2 is 1.76 bits per heavy atom. The lowest BCUT2D eigenvalue weighted by Crippen LogP contribution is -2.34. The normalized spacial score (nSPS) is 14.0. The minimum atomic E-state index is -3.90. The Bertz CT molecular complexity index is 1240. The van der Waals surface area contributed by atoms with Gasteiger partial charge in [0.25, 0.3) is 15.9 Å². The predicted octanol–water partition coefficient (Wildman–Crippen LogP) is 2.67. The number of anilines is 2. The van der Waals surface area contributed by atoms with E-state index in [2.05, 4.69) is 5.32 Å². The van der Waals surface area contributed by atoms with Crippen molar-refractivity contribution in [3.63, 3.8) is 0 Å². The van der Waals surface area contributed by atoms with Crippen molar-refractivity contribution in [2.75, 3.05) is 22.8 Å². The Morgan fingerprint density at radius 1 is 1.03 bits per heavy atom. The van der Waals surface area contributed by atoms with Gasteiger partial charge >= 0.3 is 5.97 Å². The van der Waals surface area contributed by atoms with E-state index in [1.54, 1.807) is 30.3 Å². The zero-order chi connectivity index (χ0) is 20.6. The van der Waals surface area contributed by atoms with Crippen LogP contribution in [0.5, 0.6) is 0 Å². The third kappa shape index (κ3) is 3.52. The molecule has 1 aliphatic rings. The van der Waals surface area contributed by atoms with Crippen molar-refractivity contribution in [1.29, 1.82) is 0 Å². The molecule has 4 rings (SSSR count). The van der Waals surface area contributed by atoms with Crippen LogP contribution in [0.25, 0.3) is 10.8 Å². The molecule has 0 radical (unpaired) electrons. The van der Waals surface area contributed by atoms with Gasteiger partial charge in [-0.05, 0) is 35.7 Å². The van der Waals surface area contributed by atoms with Gasteiger partial charge in [0.1, 0.15) is 12.4 Å². The van der Waals surface area contributed by atoms with Gasteiger partial charge < -0.3 is 10.1 Å². The summed E-state index contributed by atoms with van der Waals surface area (Å²) in [4.78, 5) is 24.2. The van der Waals surface area contributed by atoms with Gasteiger partial charge in [0, 0.05) is 11.1 Å². The molecule has 1 aliphatic heterocycles. The molecule has 9 heteroatoms. The molecule has 0 unspecified atom stereocenters. The van der Waals surface area contributed by atoms with Crippen molar-refractivity contribution in [3.05, 3.63) is 66.5 Å². The summed E-state index contributed by atoms with van der Waals surface area (Å²) in [6.07, 6.45) is 0. The molecule has 7 nitrogen and oxygen atoms in total. The molecule has 0 aromatic heterocycles. The van der Waals surface area contributed by atoms with Gasteiger partial charge in [-0.2, -0.15) is 0 Å². The zero-order valence-electron chi connectivity index (χ0n) is 15.0. The van der Waals surface area contributed by atoms with E-state index in [9.17, 15) is 22.4 Å². The monoisotopic (exact) mass is 414 g/mol. The smallest absolute Gasteiger partial charge is 0.327 e. The lowest BCUT2D eigenvalue weighted by molar-refractivity contribution is -0.145. The highest BCUT2D eigenvalue weighted by molar-refractivity contribution is 7.93. The molecule has 29 heavy (non-hydrogen) atoms. The third-order valence-corrected chi connectivity index (χ3v) is 6.23. The van der Waals surface area contributed by atoms with Crippen molar-refractivity contribution < 1.29 is 27.1 Å². The number of nitrogens with zero attached hydrogens (tertiary/aromatic N) is 1. The van der Waals surface area contributed by atoms with Crippen molar-refractivity contribution in [2.45, 2.75) is 4.90 Å². The van der Waals surface area contributed by atoms with Crippen LogP contribution < -0.4 is 9.62 Å². The van der Waals surface area contributed by atoms with Crippen LogP contribution in [-0.4, -0.2) is 33.4 Å². The number of hydrogen-bond acceptors (Lipinski definition) is 5. The van der Waals surface area contributed by atoms with Gasteiger partial charge in [0.05, 0.1) is 10.6 Å². The fourth-order valence-corrected chi connectivity index (χ4v) is 4.86. The molecule has 0 spiro atoms. The van der Waals surface area contributed by atoms with E-state index >= 15 is 0 Å². The molecule has 3 aromatic carbocycles. The van der Waals surface area contributed by atoms with Crippen LogP contribution in [-0.2, 0) is 24.3 Å². The standard InChI is InChI=1S/C20H15FN2O5S/c21-14-6-3-7-15(10-14)22-18(24)12-28-19(25)11-23-16-8-1-4-13-5-2-9-17(20(13)16)29(23,26)27/h1-10H,11-12H2,(H,22,24). The highest BCUT2D eigenvalue weighted by Gasteiger charge is 2.37. The van der Waals surface area contributed by atoms with Crippen LogP contribution in [0.3, 0.4) is 0 Å². The van der Waals surface area contributed by atoms with Crippen molar-refractivity contribution in [2.24, 2.45) is 0 Å². The molecule has 0 saturated carbocycles. The van der Waals surface area contributed by atoms with Gasteiger partial charge in [-0.3, -0.25) is 13.9 Å². The average Bonchev–Trinajstić information content (AvgIpc) is 2.90. The summed E-state index contributed by atoms with van der Waals surface area (Å²) in [5.74, 6) is -2.07. The number of carbonyl (C=O) groups is 2. The Hall–Kier alpha value is -3.46. The van der Waals surface area contributed by atoms with Gasteiger partial charge in [-0.1, -0.05) is 30.3 Å². The molecular formula is C20H15FN2O5S. The number of amides is 1. The van der Waals surface area contributed by atoms with E-state index in [1.165, 1.54) is 24.3 Å². The van der Waals surface area contributed by atoms with Crippen LogP contribution in [0.15, 0.2) is 65.6 Å². The number of carbonyl (C=O) groups excluding carboxylic acids is 2. The third-order valence-electron chi connectivity index (χ3n) is 4.43. The van der Waals surface area contributed by atoms with Crippen LogP contribution in [0.2, 0.25) is 0 Å². The minimum absolute atomic E-state index is 0.127. The maximum Gasteiger partial charge on any atom is 0.327 e. The summed E-state index contributed by atoms with van der Waals surface area (Å²) in [6, 6.07) is 15.3. The number of hydrogen-bond donors (Lipinski definition) is 1. The van der Waals surface area contributed by atoms with Crippen molar-refractivity contribution >= 4 is 44.0 Å². The maximum absolute atomic E-state index is 13.1. The largest absolute Gasteiger partial charge is 0.454 e. The van der Waals surface area contributed by atoms with Crippen LogP contribution in [0.4, 0.5) is 15.8 Å². The average molecular weight is 414 g/mol. The SMILES string of the molecule is O=C(COC(=O)CN1c2cccc3cccc(c23)S1(=O)=O)Nc1cccc(F)c1. The Kier molecular flexibility index (Phi) is 4.67. The molecule has 0 aliphatic carbocycles. The van der Waals surface area contributed by atoms with Gasteiger partial charge in [0.2, 0.25) is 0 Å². The predicted molar refractivity (Wildman–Crippen MR) is 104 cm³/mol. The maximum atomic E-state index is 13.1. The van der Waals surface area contributed by atoms with E-state index in [-0.39, 0.29) is 10.6 Å². The molecule has 0 bridgehead atoms. The summed E-state index contributed by atoms with van der Waals surface area (Å²) >= 11 is 0. The summed E-state index contributed by atoms with van der Waals surface area (Å²) in [5, 5.41) is 3.68. The molecule has 1 N–H and O–H groups in total. The first-order chi connectivity index (χ1) is 13.9. The van der Waals surface area contributed by atoms with Crippen LogP contribution in [0, 0.1) is 5.82 Å². The number of esters is 1. The number of nitrogens with one attached hydrogen (secondary N) is 1. The Labute approximate surface area is 165 Å². The van der Waals surface area contributed by atoms with E-state index in [0.717, 1.165) is 15.8 Å². The number of benzene rings is 3. The minimum Gasteiger partial charge on any atom is -0.454 e. The topological polar surface area (TPSA) is 92.8 Å².